The van der Waals surface area contributed by atoms with E-state index < -0.39 is 22.0 Å². The zero-order valence-electron chi connectivity index (χ0n) is 16.8. The number of carbonyl (C=O) groups is 1. The molecule has 7 nitrogen and oxygen atoms in total. The number of carbonyl (C=O) groups excluding carboxylic acids is 1. The van der Waals surface area contributed by atoms with E-state index in [1.54, 1.807) is 24.3 Å². The number of nitrogens with one attached hydrogen (secondary N) is 1. The van der Waals surface area contributed by atoms with Crippen LogP contribution in [0.1, 0.15) is 10.4 Å². The second-order valence-electron chi connectivity index (χ2n) is 7.15. The van der Waals surface area contributed by atoms with E-state index in [9.17, 15) is 18.3 Å². The van der Waals surface area contributed by atoms with Crippen molar-refractivity contribution in [2.75, 3.05) is 22.8 Å². The quantitative estimate of drug-likeness (QED) is 0.495. The summed E-state index contributed by atoms with van der Waals surface area (Å²) < 4.78 is 33.6. The monoisotopic (exact) mass is 526 g/mol. The minimum absolute atomic E-state index is 0.0220. The largest absolute Gasteiger partial charge is 0.484 e. The first kappa shape index (κ1) is 23.7. The van der Waals surface area contributed by atoms with Gasteiger partial charge in [0.25, 0.3) is 15.9 Å². The number of hydrogen-bond acceptors (Lipinski definition) is 5. The molecule has 0 aliphatic carbocycles. The highest BCUT2D eigenvalue weighted by molar-refractivity contribution is 7.92. The summed E-state index contributed by atoms with van der Waals surface area (Å²) in [6.07, 6.45) is -0.762. The van der Waals surface area contributed by atoms with Gasteiger partial charge in [0.05, 0.1) is 39.3 Å². The van der Waals surface area contributed by atoms with Crippen molar-refractivity contribution in [1.82, 2.24) is 0 Å². The average molecular weight is 528 g/mol. The molecule has 0 bridgehead atoms. The number of sulfonamides is 1. The molecule has 1 aliphatic heterocycles. The lowest BCUT2D eigenvalue weighted by atomic mass is 10.1. The van der Waals surface area contributed by atoms with Crippen LogP contribution in [0.3, 0.4) is 0 Å². The van der Waals surface area contributed by atoms with Crippen molar-refractivity contribution in [2.45, 2.75) is 11.0 Å². The van der Waals surface area contributed by atoms with Crippen molar-refractivity contribution in [3.8, 4) is 5.75 Å². The van der Waals surface area contributed by atoms with Crippen molar-refractivity contribution in [2.24, 2.45) is 0 Å². The van der Waals surface area contributed by atoms with Gasteiger partial charge in [-0.1, -0.05) is 40.9 Å². The summed E-state index contributed by atoms with van der Waals surface area (Å²) in [4.78, 5) is 12.8. The first-order chi connectivity index (χ1) is 15.7. The van der Waals surface area contributed by atoms with Crippen LogP contribution >= 0.6 is 34.8 Å². The molecule has 172 valence electrons. The van der Waals surface area contributed by atoms with Gasteiger partial charge in [0.15, 0.2) is 0 Å². The number of fused-ring (bicyclic) bond motifs is 1. The summed E-state index contributed by atoms with van der Waals surface area (Å²) in [7, 11) is -4.02. The van der Waals surface area contributed by atoms with Crippen LogP contribution in [0.2, 0.25) is 15.1 Å². The first-order valence-electron chi connectivity index (χ1n) is 9.66. The van der Waals surface area contributed by atoms with Gasteiger partial charge >= 0.3 is 0 Å². The summed E-state index contributed by atoms with van der Waals surface area (Å²) >= 11 is 18.1. The molecule has 11 heteroatoms. The lowest BCUT2D eigenvalue weighted by Crippen LogP contribution is -2.45. The SMILES string of the molecule is O=C(Nc1ccc2c(c1)N(S(=O)(=O)c1ccc(Cl)cc1)C[C@H](CO)O2)c1c(Cl)cccc1Cl. The maximum atomic E-state index is 13.4. The lowest BCUT2D eigenvalue weighted by molar-refractivity contribution is 0.102. The molecule has 0 saturated heterocycles. The van der Waals surface area contributed by atoms with Crippen molar-refractivity contribution >= 4 is 62.1 Å². The van der Waals surface area contributed by atoms with E-state index in [-0.39, 0.29) is 45.1 Å². The number of benzene rings is 3. The predicted molar refractivity (Wildman–Crippen MR) is 128 cm³/mol. The third-order valence-corrected chi connectivity index (χ3v) is 7.62. The van der Waals surface area contributed by atoms with E-state index in [4.69, 9.17) is 39.5 Å². The van der Waals surface area contributed by atoms with Gasteiger partial charge in [-0.05, 0) is 54.6 Å². The molecular weight excluding hydrogens is 511 g/mol. The van der Waals surface area contributed by atoms with Gasteiger partial charge in [-0.25, -0.2) is 8.42 Å². The van der Waals surface area contributed by atoms with Gasteiger partial charge in [0.1, 0.15) is 11.9 Å². The van der Waals surface area contributed by atoms with Crippen molar-refractivity contribution in [3.05, 3.63) is 81.3 Å². The Bertz CT molecular complexity index is 1300. The molecule has 2 N–H and O–H groups in total. The Balaban J connectivity index is 1.72. The van der Waals surface area contributed by atoms with E-state index in [1.807, 2.05) is 0 Å². The minimum atomic E-state index is -4.02. The van der Waals surface area contributed by atoms with Crippen molar-refractivity contribution < 1.29 is 23.1 Å². The van der Waals surface area contributed by atoms with Gasteiger partial charge < -0.3 is 15.2 Å². The molecule has 4 rings (SSSR count). The fourth-order valence-corrected chi connectivity index (χ4v) is 5.55. The molecule has 1 amide bonds. The molecule has 0 unspecified atom stereocenters. The first-order valence-corrected chi connectivity index (χ1v) is 12.2. The standard InChI is InChI=1S/C22H17Cl3N2O5S/c23-13-4-7-16(8-5-13)33(30,31)27-11-15(12-28)32-20-9-6-14(10-19(20)27)26-22(29)21-17(24)2-1-3-18(21)25/h1-10,15,28H,11-12H2,(H,26,29)/t15-/m1/s1. The maximum absolute atomic E-state index is 13.4. The highest BCUT2D eigenvalue weighted by Gasteiger charge is 2.34. The highest BCUT2D eigenvalue weighted by atomic mass is 35.5. The van der Waals surface area contributed by atoms with Crippen LogP contribution < -0.4 is 14.4 Å². The summed E-state index contributed by atoms with van der Waals surface area (Å²) in [5.74, 6) is -0.311. The fourth-order valence-electron chi connectivity index (χ4n) is 3.35. The summed E-state index contributed by atoms with van der Waals surface area (Å²) in [5.41, 5.74) is 0.607. The molecule has 1 aliphatic rings. The zero-order valence-corrected chi connectivity index (χ0v) is 19.9. The molecule has 0 saturated carbocycles. The number of nitrogens with zero attached hydrogens (tertiary/aromatic N) is 1. The van der Waals surface area contributed by atoms with Crippen LogP contribution in [-0.4, -0.2) is 38.7 Å². The zero-order chi connectivity index (χ0) is 23.8. The van der Waals surface area contributed by atoms with Gasteiger partial charge in [0, 0.05) is 10.7 Å². The van der Waals surface area contributed by atoms with E-state index in [2.05, 4.69) is 5.32 Å². The summed E-state index contributed by atoms with van der Waals surface area (Å²) in [6, 6.07) is 15.0. The number of aliphatic hydroxyl groups is 1. The van der Waals surface area contributed by atoms with Crippen LogP contribution in [0.4, 0.5) is 11.4 Å². The van der Waals surface area contributed by atoms with E-state index >= 15 is 0 Å². The predicted octanol–water partition coefficient (Wildman–Crippen LogP) is 4.85. The average Bonchev–Trinajstić information content (AvgIpc) is 2.78. The molecule has 0 aromatic heterocycles. The van der Waals surface area contributed by atoms with Crippen LogP contribution in [0.5, 0.6) is 5.75 Å². The van der Waals surface area contributed by atoms with E-state index in [0.29, 0.717) is 10.7 Å². The van der Waals surface area contributed by atoms with Crippen LogP contribution in [-0.2, 0) is 10.0 Å². The molecule has 3 aromatic carbocycles. The molecule has 1 atom stereocenters. The van der Waals surface area contributed by atoms with E-state index in [0.717, 1.165) is 4.31 Å². The van der Waals surface area contributed by atoms with Crippen LogP contribution in [0.25, 0.3) is 0 Å². The molecule has 0 radical (unpaired) electrons. The topological polar surface area (TPSA) is 95.9 Å². The highest BCUT2D eigenvalue weighted by Crippen LogP contribution is 2.39. The summed E-state index contributed by atoms with van der Waals surface area (Å²) in [5, 5.41) is 13.1. The Labute approximate surface area is 205 Å². The van der Waals surface area contributed by atoms with Crippen molar-refractivity contribution in [3.63, 3.8) is 0 Å². The Morgan fingerprint density at radius 3 is 2.36 bits per heavy atom. The smallest absolute Gasteiger partial charge is 0.264 e. The van der Waals surface area contributed by atoms with Gasteiger partial charge in [-0.2, -0.15) is 0 Å². The number of amides is 1. The van der Waals surface area contributed by atoms with Gasteiger partial charge in [0.2, 0.25) is 0 Å². The third-order valence-electron chi connectivity index (χ3n) is 4.94. The molecule has 0 fully saturated rings. The third kappa shape index (κ3) is 4.76. The Morgan fingerprint density at radius 1 is 1.06 bits per heavy atom. The van der Waals surface area contributed by atoms with Crippen molar-refractivity contribution in [1.29, 1.82) is 0 Å². The molecule has 33 heavy (non-hydrogen) atoms. The van der Waals surface area contributed by atoms with E-state index in [1.165, 1.54) is 36.4 Å². The van der Waals surface area contributed by atoms with Crippen LogP contribution in [0.15, 0.2) is 65.6 Å². The number of rotatable bonds is 5. The second kappa shape index (κ2) is 9.40. The molecule has 0 spiro atoms. The number of aliphatic hydroxyl groups excluding tert-OH is 1. The maximum Gasteiger partial charge on any atom is 0.264 e. The Kier molecular flexibility index (Phi) is 6.74. The summed E-state index contributed by atoms with van der Waals surface area (Å²) in [6.45, 7) is -0.502. The molecule has 3 aromatic rings. The fraction of sp³-hybridized carbons (Fsp3) is 0.136. The second-order valence-corrected chi connectivity index (χ2v) is 10.3. The number of anilines is 2. The van der Waals surface area contributed by atoms with Gasteiger partial charge in [-0.3, -0.25) is 9.10 Å². The molecule has 1 heterocycles. The number of ether oxygens (including phenoxy) is 1. The Morgan fingerprint density at radius 2 is 1.73 bits per heavy atom. The minimum Gasteiger partial charge on any atom is -0.484 e. The van der Waals surface area contributed by atoms with Crippen LogP contribution in [0, 0.1) is 0 Å². The van der Waals surface area contributed by atoms with Gasteiger partial charge in [-0.15, -0.1) is 0 Å². The number of hydrogen-bond donors (Lipinski definition) is 2. The molecular formula is C22H17Cl3N2O5S. The Hall–Kier alpha value is -2.49. The number of halogens is 3. The normalized spacial score (nSPS) is 15.5. The lowest BCUT2D eigenvalue weighted by Gasteiger charge is -2.35.